The molecule has 1 atom stereocenters. The number of nitrogens with one attached hydrogen (secondary N) is 1. The van der Waals surface area contributed by atoms with Crippen LogP contribution in [0.2, 0.25) is 0 Å². The lowest BCUT2D eigenvalue weighted by Crippen LogP contribution is -2.50. The smallest absolute Gasteiger partial charge is 0.237 e. The van der Waals surface area contributed by atoms with Gasteiger partial charge in [0.25, 0.3) is 0 Å². The number of likely N-dealkylation sites (tertiary alicyclic amines) is 1. The summed E-state index contributed by atoms with van der Waals surface area (Å²) in [6.45, 7) is 3.43. The molecule has 0 spiro atoms. The van der Waals surface area contributed by atoms with Crippen LogP contribution in [0.1, 0.15) is 39.0 Å². The Morgan fingerprint density at radius 1 is 1.28 bits per heavy atom. The van der Waals surface area contributed by atoms with Crippen LogP contribution in [-0.4, -0.2) is 41.9 Å². The van der Waals surface area contributed by atoms with E-state index in [1.165, 1.54) is 0 Å². The van der Waals surface area contributed by atoms with E-state index in [0.717, 1.165) is 38.8 Å². The zero-order valence-electron chi connectivity index (χ0n) is 11.0. The molecular formula is C13H23N3O2. The van der Waals surface area contributed by atoms with E-state index in [-0.39, 0.29) is 11.9 Å². The van der Waals surface area contributed by atoms with Gasteiger partial charge in [-0.05, 0) is 32.1 Å². The molecule has 0 radical (unpaired) electrons. The van der Waals surface area contributed by atoms with Crippen molar-refractivity contribution in [3.63, 3.8) is 0 Å². The number of hydrogen-bond acceptors (Lipinski definition) is 3. The van der Waals surface area contributed by atoms with E-state index in [1.54, 1.807) is 0 Å². The Balaban J connectivity index is 1.72. The molecule has 0 bridgehead atoms. The Bertz CT molecular complexity index is 320. The molecule has 102 valence electrons. The number of piperidine rings is 1. The second kappa shape index (κ2) is 5.69. The van der Waals surface area contributed by atoms with Gasteiger partial charge in [0.05, 0.1) is 6.04 Å². The molecule has 5 nitrogen and oxygen atoms in total. The SMILES string of the molecule is CC[C@@H](N)C(=O)NC1CCN(C(=O)C2CC2)CC1. The van der Waals surface area contributed by atoms with Gasteiger partial charge in [0, 0.05) is 25.0 Å². The maximum Gasteiger partial charge on any atom is 0.237 e. The van der Waals surface area contributed by atoms with Crippen LogP contribution in [0.25, 0.3) is 0 Å². The Kier molecular flexibility index (Phi) is 4.22. The highest BCUT2D eigenvalue weighted by Crippen LogP contribution is 2.31. The summed E-state index contributed by atoms with van der Waals surface area (Å²) in [7, 11) is 0. The van der Waals surface area contributed by atoms with Crippen molar-refractivity contribution in [3.8, 4) is 0 Å². The van der Waals surface area contributed by atoms with Crippen molar-refractivity contribution in [2.24, 2.45) is 11.7 Å². The first-order chi connectivity index (χ1) is 8.61. The van der Waals surface area contributed by atoms with Crippen LogP contribution in [0.4, 0.5) is 0 Å². The average molecular weight is 253 g/mol. The topological polar surface area (TPSA) is 75.4 Å². The summed E-state index contributed by atoms with van der Waals surface area (Å²) < 4.78 is 0. The van der Waals surface area contributed by atoms with Gasteiger partial charge >= 0.3 is 0 Å². The van der Waals surface area contributed by atoms with E-state index in [4.69, 9.17) is 5.73 Å². The van der Waals surface area contributed by atoms with Crippen molar-refractivity contribution >= 4 is 11.8 Å². The molecule has 1 saturated heterocycles. The van der Waals surface area contributed by atoms with Crippen molar-refractivity contribution in [1.82, 2.24) is 10.2 Å². The molecule has 0 aromatic heterocycles. The van der Waals surface area contributed by atoms with Crippen molar-refractivity contribution in [3.05, 3.63) is 0 Å². The predicted molar refractivity (Wildman–Crippen MR) is 68.7 cm³/mol. The molecule has 2 aliphatic rings. The number of carbonyl (C=O) groups is 2. The summed E-state index contributed by atoms with van der Waals surface area (Å²) in [6, 6.07) is -0.227. The Hall–Kier alpha value is -1.10. The fourth-order valence-electron chi connectivity index (χ4n) is 2.33. The summed E-state index contributed by atoms with van der Waals surface area (Å²) in [5.74, 6) is 0.541. The zero-order chi connectivity index (χ0) is 13.1. The van der Waals surface area contributed by atoms with E-state index < -0.39 is 6.04 Å². The second-order valence-corrected chi connectivity index (χ2v) is 5.40. The Morgan fingerprint density at radius 2 is 1.89 bits per heavy atom. The minimum Gasteiger partial charge on any atom is -0.352 e. The Morgan fingerprint density at radius 3 is 2.39 bits per heavy atom. The molecule has 0 unspecified atom stereocenters. The molecule has 2 rings (SSSR count). The summed E-state index contributed by atoms with van der Waals surface area (Å²) >= 11 is 0. The third kappa shape index (κ3) is 3.22. The molecule has 1 saturated carbocycles. The molecule has 1 aliphatic carbocycles. The lowest BCUT2D eigenvalue weighted by molar-refractivity contribution is -0.133. The molecule has 1 aliphatic heterocycles. The molecule has 2 fully saturated rings. The summed E-state index contributed by atoms with van der Waals surface area (Å²) in [5, 5.41) is 2.97. The molecule has 0 aromatic rings. The largest absolute Gasteiger partial charge is 0.352 e. The minimum atomic E-state index is -0.406. The molecule has 0 aromatic carbocycles. The van der Waals surface area contributed by atoms with Crippen LogP contribution >= 0.6 is 0 Å². The lowest BCUT2D eigenvalue weighted by Gasteiger charge is -2.33. The van der Waals surface area contributed by atoms with Crippen LogP contribution < -0.4 is 11.1 Å². The maximum absolute atomic E-state index is 11.9. The van der Waals surface area contributed by atoms with Crippen LogP contribution in [0, 0.1) is 5.92 Å². The van der Waals surface area contributed by atoms with Crippen molar-refractivity contribution < 1.29 is 9.59 Å². The first kappa shape index (κ1) is 13.3. The maximum atomic E-state index is 11.9. The highest BCUT2D eigenvalue weighted by Gasteiger charge is 2.35. The number of hydrogen-bond donors (Lipinski definition) is 2. The molecule has 2 amide bonds. The number of carbonyl (C=O) groups excluding carboxylic acids is 2. The van der Waals surface area contributed by atoms with Gasteiger partial charge in [-0.25, -0.2) is 0 Å². The van der Waals surface area contributed by atoms with E-state index in [0.29, 0.717) is 18.2 Å². The number of amides is 2. The number of nitrogens with zero attached hydrogens (tertiary/aromatic N) is 1. The first-order valence-electron chi connectivity index (χ1n) is 6.96. The number of rotatable bonds is 4. The molecular weight excluding hydrogens is 230 g/mol. The molecule has 1 heterocycles. The van der Waals surface area contributed by atoms with Gasteiger partial charge in [-0.15, -0.1) is 0 Å². The highest BCUT2D eigenvalue weighted by atomic mass is 16.2. The third-order valence-corrected chi connectivity index (χ3v) is 3.86. The van der Waals surface area contributed by atoms with Crippen molar-refractivity contribution in [2.75, 3.05) is 13.1 Å². The van der Waals surface area contributed by atoms with Gasteiger partial charge in [0.1, 0.15) is 0 Å². The van der Waals surface area contributed by atoms with Gasteiger partial charge in [-0.3, -0.25) is 9.59 Å². The average Bonchev–Trinajstić information content (AvgIpc) is 3.22. The van der Waals surface area contributed by atoms with E-state index in [1.807, 2.05) is 11.8 Å². The second-order valence-electron chi connectivity index (χ2n) is 5.40. The van der Waals surface area contributed by atoms with E-state index in [2.05, 4.69) is 5.32 Å². The predicted octanol–water partition coefficient (Wildman–Crippen LogP) is 0.241. The normalized spacial score (nSPS) is 22.7. The summed E-state index contributed by atoms with van der Waals surface area (Å²) in [6.07, 6.45) is 4.47. The van der Waals surface area contributed by atoms with Crippen LogP contribution in [0.15, 0.2) is 0 Å². The highest BCUT2D eigenvalue weighted by molar-refractivity contribution is 5.82. The van der Waals surface area contributed by atoms with Crippen LogP contribution in [-0.2, 0) is 9.59 Å². The fourth-order valence-corrected chi connectivity index (χ4v) is 2.33. The monoisotopic (exact) mass is 253 g/mol. The van der Waals surface area contributed by atoms with Crippen molar-refractivity contribution in [1.29, 1.82) is 0 Å². The quantitative estimate of drug-likeness (QED) is 0.753. The van der Waals surface area contributed by atoms with Gasteiger partial charge in [-0.1, -0.05) is 6.92 Å². The summed E-state index contributed by atoms with van der Waals surface area (Å²) in [5.41, 5.74) is 5.68. The third-order valence-electron chi connectivity index (χ3n) is 3.86. The fraction of sp³-hybridized carbons (Fsp3) is 0.846. The molecule has 18 heavy (non-hydrogen) atoms. The van der Waals surface area contributed by atoms with Gasteiger partial charge < -0.3 is 16.0 Å². The van der Waals surface area contributed by atoms with Crippen LogP contribution in [0.3, 0.4) is 0 Å². The van der Waals surface area contributed by atoms with Gasteiger partial charge in [-0.2, -0.15) is 0 Å². The zero-order valence-corrected chi connectivity index (χ0v) is 11.0. The summed E-state index contributed by atoms with van der Waals surface area (Å²) in [4.78, 5) is 25.5. The number of nitrogens with two attached hydrogens (primary N) is 1. The molecule has 3 N–H and O–H groups in total. The standard InChI is InChI=1S/C13H23N3O2/c1-2-11(14)12(17)15-10-5-7-16(8-6-10)13(18)9-3-4-9/h9-11H,2-8,14H2,1H3,(H,15,17)/t11-/m1/s1. The van der Waals surface area contributed by atoms with E-state index >= 15 is 0 Å². The van der Waals surface area contributed by atoms with Crippen molar-refractivity contribution in [2.45, 2.75) is 51.1 Å². The Labute approximate surface area is 108 Å². The lowest BCUT2D eigenvalue weighted by atomic mass is 10.0. The van der Waals surface area contributed by atoms with Crippen LogP contribution in [0.5, 0.6) is 0 Å². The van der Waals surface area contributed by atoms with E-state index in [9.17, 15) is 9.59 Å². The molecule has 5 heteroatoms. The van der Waals surface area contributed by atoms with Gasteiger partial charge in [0.2, 0.25) is 11.8 Å². The van der Waals surface area contributed by atoms with Gasteiger partial charge in [0.15, 0.2) is 0 Å². The minimum absolute atomic E-state index is 0.0653. The first-order valence-corrected chi connectivity index (χ1v) is 6.96.